The van der Waals surface area contributed by atoms with Crippen molar-refractivity contribution in [3.05, 3.63) is 24.0 Å². The van der Waals surface area contributed by atoms with Crippen LogP contribution in [0.4, 0.5) is 0 Å². The summed E-state index contributed by atoms with van der Waals surface area (Å²) in [6.07, 6.45) is 10.2. The van der Waals surface area contributed by atoms with Crippen LogP contribution in [-0.4, -0.2) is 51.2 Å². The second kappa shape index (κ2) is 7.05. The van der Waals surface area contributed by atoms with Crippen LogP contribution in [0.25, 0.3) is 11.0 Å². The molecule has 0 radical (unpaired) electrons. The lowest BCUT2D eigenvalue weighted by Crippen LogP contribution is -2.37. The standard InChI is InChI=1S/C19H24N4O3/c1-26-17(24)10-16-7-4-8-22(16)19(25)14-9-13-12-21-23(18(13)20-11-14)15-5-2-3-6-15/h9,11-12,15-16H,2-8,10H2,1H3. The van der Waals surface area contributed by atoms with E-state index in [0.717, 1.165) is 36.7 Å². The van der Waals surface area contributed by atoms with Crippen LogP contribution in [0, 0.1) is 0 Å². The molecule has 1 saturated carbocycles. The molecular weight excluding hydrogens is 332 g/mol. The van der Waals surface area contributed by atoms with E-state index in [4.69, 9.17) is 4.74 Å². The number of hydrogen-bond donors (Lipinski definition) is 0. The molecule has 1 aliphatic carbocycles. The average molecular weight is 356 g/mol. The van der Waals surface area contributed by atoms with Crippen LogP contribution in [0.15, 0.2) is 18.5 Å². The Morgan fingerprint density at radius 3 is 2.77 bits per heavy atom. The molecule has 2 aromatic heterocycles. The number of hydrogen-bond acceptors (Lipinski definition) is 5. The van der Waals surface area contributed by atoms with E-state index in [1.807, 2.05) is 10.7 Å². The minimum atomic E-state index is -0.277. The first-order valence-electron chi connectivity index (χ1n) is 9.38. The maximum atomic E-state index is 12.9. The van der Waals surface area contributed by atoms with E-state index in [9.17, 15) is 9.59 Å². The van der Waals surface area contributed by atoms with Gasteiger partial charge in [-0.15, -0.1) is 0 Å². The van der Waals surface area contributed by atoms with Crippen LogP contribution in [0.5, 0.6) is 0 Å². The minimum absolute atomic E-state index is 0.0700. The van der Waals surface area contributed by atoms with E-state index >= 15 is 0 Å². The highest BCUT2D eigenvalue weighted by molar-refractivity contribution is 5.97. The molecule has 3 heterocycles. The molecule has 0 bridgehead atoms. The van der Waals surface area contributed by atoms with Gasteiger partial charge in [0.1, 0.15) is 0 Å². The van der Waals surface area contributed by atoms with Gasteiger partial charge in [-0.2, -0.15) is 5.10 Å². The molecular formula is C19H24N4O3. The topological polar surface area (TPSA) is 77.3 Å². The van der Waals surface area contributed by atoms with E-state index in [1.165, 1.54) is 20.0 Å². The van der Waals surface area contributed by atoms with E-state index in [1.54, 1.807) is 17.3 Å². The monoisotopic (exact) mass is 356 g/mol. The highest BCUT2D eigenvalue weighted by Gasteiger charge is 2.31. The summed E-state index contributed by atoms with van der Waals surface area (Å²) in [4.78, 5) is 30.9. The van der Waals surface area contributed by atoms with Gasteiger partial charge < -0.3 is 9.64 Å². The molecule has 2 aromatic rings. The summed E-state index contributed by atoms with van der Waals surface area (Å²) >= 11 is 0. The Bertz CT molecular complexity index is 825. The predicted molar refractivity (Wildman–Crippen MR) is 95.7 cm³/mol. The summed E-state index contributed by atoms with van der Waals surface area (Å²) in [6, 6.07) is 2.20. The van der Waals surface area contributed by atoms with Crippen molar-refractivity contribution in [2.24, 2.45) is 0 Å². The quantitative estimate of drug-likeness (QED) is 0.787. The molecule has 0 aromatic carbocycles. The van der Waals surface area contributed by atoms with Gasteiger partial charge in [0.15, 0.2) is 5.65 Å². The summed E-state index contributed by atoms with van der Waals surface area (Å²) < 4.78 is 6.76. The van der Waals surface area contributed by atoms with Gasteiger partial charge >= 0.3 is 5.97 Å². The van der Waals surface area contributed by atoms with Crippen molar-refractivity contribution in [1.82, 2.24) is 19.7 Å². The van der Waals surface area contributed by atoms with Gasteiger partial charge in [-0.3, -0.25) is 9.59 Å². The molecule has 1 saturated heterocycles. The predicted octanol–water partition coefficient (Wildman–Crippen LogP) is 2.71. The Hall–Kier alpha value is -2.44. The SMILES string of the molecule is COC(=O)CC1CCCN1C(=O)c1cnc2c(cnn2C2CCCC2)c1. The Kier molecular flexibility index (Phi) is 4.61. The molecule has 1 atom stereocenters. The number of pyridine rings is 1. The number of carbonyl (C=O) groups is 2. The van der Waals surface area contributed by atoms with Crippen LogP contribution < -0.4 is 0 Å². The lowest BCUT2D eigenvalue weighted by molar-refractivity contribution is -0.141. The van der Waals surface area contributed by atoms with Crippen LogP contribution in [0.2, 0.25) is 0 Å². The fourth-order valence-corrected chi connectivity index (χ4v) is 4.23. The molecule has 1 aliphatic heterocycles. The van der Waals surface area contributed by atoms with Crippen molar-refractivity contribution in [3.8, 4) is 0 Å². The second-order valence-electron chi connectivity index (χ2n) is 7.24. The lowest BCUT2D eigenvalue weighted by atomic mass is 10.1. The zero-order chi connectivity index (χ0) is 18.1. The molecule has 2 fully saturated rings. The highest BCUT2D eigenvalue weighted by atomic mass is 16.5. The van der Waals surface area contributed by atoms with Crippen LogP contribution in [-0.2, 0) is 9.53 Å². The molecule has 0 N–H and O–H groups in total. The molecule has 7 nitrogen and oxygen atoms in total. The zero-order valence-electron chi connectivity index (χ0n) is 15.1. The Morgan fingerprint density at radius 2 is 2.00 bits per heavy atom. The number of likely N-dealkylation sites (tertiary alicyclic amines) is 1. The molecule has 4 rings (SSSR count). The second-order valence-corrected chi connectivity index (χ2v) is 7.24. The van der Waals surface area contributed by atoms with Gasteiger partial charge in [-0.1, -0.05) is 12.8 Å². The molecule has 1 amide bonds. The van der Waals surface area contributed by atoms with Gasteiger partial charge in [0.05, 0.1) is 31.3 Å². The number of rotatable bonds is 4. The lowest BCUT2D eigenvalue weighted by Gasteiger charge is -2.23. The maximum Gasteiger partial charge on any atom is 0.307 e. The van der Waals surface area contributed by atoms with E-state index < -0.39 is 0 Å². The third-order valence-electron chi connectivity index (χ3n) is 5.62. The Labute approximate surface area is 152 Å². The number of carbonyl (C=O) groups excluding carboxylic acids is 2. The van der Waals surface area contributed by atoms with Gasteiger partial charge in [-0.05, 0) is 31.7 Å². The van der Waals surface area contributed by atoms with Gasteiger partial charge in [-0.25, -0.2) is 9.67 Å². The molecule has 138 valence electrons. The summed E-state index contributed by atoms with van der Waals surface area (Å²) in [7, 11) is 1.38. The van der Waals surface area contributed by atoms with Gasteiger partial charge in [0.25, 0.3) is 5.91 Å². The number of ether oxygens (including phenoxy) is 1. The first-order valence-corrected chi connectivity index (χ1v) is 9.38. The number of methoxy groups -OCH3 is 1. The first kappa shape index (κ1) is 17.0. The number of nitrogens with zero attached hydrogens (tertiary/aromatic N) is 4. The zero-order valence-corrected chi connectivity index (χ0v) is 15.1. The Balaban J connectivity index is 1.56. The third-order valence-corrected chi connectivity index (χ3v) is 5.62. The van der Waals surface area contributed by atoms with Crippen molar-refractivity contribution in [1.29, 1.82) is 0 Å². The van der Waals surface area contributed by atoms with Crippen LogP contribution in [0.3, 0.4) is 0 Å². The molecule has 26 heavy (non-hydrogen) atoms. The van der Waals surface area contributed by atoms with Crippen LogP contribution in [0.1, 0.15) is 61.3 Å². The summed E-state index contributed by atoms with van der Waals surface area (Å²) in [5.41, 5.74) is 1.40. The van der Waals surface area contributed by atoms with Crippen molar-refractivity contribution in [2.45, 2.75) is 57.0 Å². The summed E-state index contributed by atoms with van der Waals surface area (Å²) in [6.45, 7) is 0.667. The smallest absolute Gasteiger partial charge is 0.307 e. The minimum Gasteiger partial charge on any atom is -0.469 e. The number of amides is 1. The van der Waals surface area contributed by atoms with Crippen molar-refractivity contribution < 1.29 is 14.3 Å². The van der Waals surface area contributed by atoms with E-state index in [-0.39, 0.29) is 24.3 Å². The van der Waals surface area contributed by atoms with E-state index in [2.05, 4.69) is 10.1 Å². The van der Waals surface area contributed by atoms with Gasteiger partial charge in [0.2, 0.25) is 0 Å². The maximum absolute atomic E-state index is 12.9. The van der Waals surface area contributed by atoms with Crippen LogP contribution >= 0.6 is 0 Å². The first-order chi connectivity index (χ1) is 12.7. The van der Waals surface area contributed by atoms with Crippen molar-refractivity contribution in [3.63, 3.8) is 0 Å². The van der Waals surface area contributed by atoms with E-state index in [0.29, 0.717) is 18.2 Å². The fraction of sp³-hybridized carbons (Fsp3) is 0.579. The highest BCUT2D eigenvalue weighted by Crippen LogP contribution is 2.31. The summed E-state index contributed by atoms with van der Waals surface area (Å²) in [5, 5.41) is 5.40. The molecule has 0 spiro atoms. The molecule has 2 aliphatic rings. The van der Waals surface area contributed by atoms with Gasteiger partial charge in [0, 0.05) is 24.2 Å². The molecule has 7 heteroatoms. The third kappa shape index (κ3) is 3.06. The number of aromatic nitrogens is 3. The molecule has 1 unspecified atom stereocenters. The largest absolute Gasteiger partial charge is 0.469 e. The average Bonchev–Trinajstić information content (AvgIpc) is 3.40. The van der Waals surface area contributed by atoms with Crippen molar-refractivity contribution in [2.75, 3.05) is 13.7 Å². The fourth-order valence-electron chi connectivity index (χ4n) is 4.23. The summed E-state index contributed by atoms with van der Waals surface area (Å²) in [5.74, 6) is -0.347. The van der Waals surface area contributed by atoms with Crippen molar-refractivity contribution >= 4 is 22.9 Å². The number of fused-ring (bicyclic) bond motifs is 1. The Morgan fingerprint density at radius 1 is 1.19 bits per heavy atom. The normalized spacial score (nSPS) is 20.8. The number of esters is 1.